The van der Waals surface area contributed by atoms with E-state index in [9.17, 15) is 9.59 Å². The lowest BCUT2D eigenvalue weighted by Gasteiger charge is -2.16. The van der Waals surface area contributed by atoms with Crippen LogP contribution in [0, 0.1) is 0 Å². The van der Waals surface area contributed by atoms with Gasteiger partial charge in [-0.25, -0.2) is 4.98 Å². The van der Waals surface area contributed by atoms with Crippen molar-refractivity contribution in [2.75, 3.05) is 19.5 Å². The van der Waals surface area contributed by atoms with Crippen molar-refractivity contribution in [3.05, 3.63) is 58.1 Å². The average Bonchev–Trinajstić information content (AvgIpc) is 3.26. The summed E-state index contributed by atoms with van der Waals surface area (Å²) >= 11 is 13.1. The van der Waals surface area contributed by atoms with Crippen molar-refractivity contribution in [1.82, 2.24) is 19.9 Å². The van der Waals surface area contributed by atoms with Crippen molar-refractivity contribution in [3.8, 4) is 22.6 Å². The minimum Gasteiger partial charge on any atom is -0.495 e. The summed E-state index contributed by atoms with van der Waals surface area (Å²) in [5.41, 5.74) is 2.09. The molecule has 2 aromatic carbocycles. The van der Waals surface area contributed by atoms with E-state index in [1.807, 2.05) is 0 Å². The van der Waals surface area contributed by atoms with Crippen molar-refractivity contribution in [1.29, 1.82) is 0 Å². The number of H-pyrrole nitrogens is 1. The Bertz CT molecular complexity index is 1330. The zero-order valence-corrected chi connectivity index (χ0v) is 18.3. The molecule has 2 aromatic heterocycles. The highest BCUT2D eigenvalue weighted by atomic mass is 35.5. The molecule has 9 nitrogen and oxygen atoms in total. The summed E-state index contributed by atoms with van der Waals surface area (Å²) in [7, 11) is 2.96. The maximum atomic E-state index is 12.9. The van der Waals surface area contributed by atoms with Crippen LogP contribution in [0.3, 0.4) is 0 Å². The number of aldehydes is 1. The Balaban J connectivity index is 1.87. The van der Waals surface area contributed by atoms with Crippen LogP contribution >= 0.6 is 23.2 Å². The van der Waals surface area contributed by atoms with E-state index in [2.05, 4.69) is 25.3 Å². The number of nitrogens with one attached hydrogen (secondary N) is 2. The number of imidazole rings is 1. The number of methoxy groups -OCH3 is 2. The van der Waals surface area contributed by atoms with Crippen LogP contribution in [0.25, 0.3) is 22.2 Å². The van der Waals surface area contributed by atoms with Gasteiger partial charge in [-0.05, 0) is 6.07 Å². The molecule has 0 aliphatic rings. The largest absolute Gasteiger partial charge is 0.495 e. The molecule has 0 aliphatic carbocycles. The second-order valence-corrected chi connectivity index (χ2v) is 7.20. The lowest BCUT2D eigenvalue weighted by molar-refractivity contribution is 0.102. The Hall–Kier alpha value is -3.69. The zero-order valence-electron chi connectivity index (χ0n) is 16.8. The number of anilines is 1. The molecule has 0 radical (unpaired) electrons. The fourth-order valence-electron chi connectivity index (χ4n) is 3.20. The third-order valence-corrected chi connectivity index (χ3v) is 5.41. The average molecular weight is 472 g/mol. The molecular formula is C21H15Cl2N5O4. The quantitative estimate of drug-likeness (QED) is 0.399. The Morgan fingerprint density at radius 3 is 2.31 bits per heavy atom. The molecule has 0 saturated carbocycles. The number of aromatic amines is 1. The highest BCUT2D eigenvalue weighted by Gasteiger charge is 2.23. The van der Waals surface area contributed by atoms with Gasteiger partial charge < -0.3 is 14.5 Å². The maximum Gasteiger partial charge on any atom is 0.260 e. The summed E-state index contributed by atoms with van der Waals surface area (Å²) in [6.07, 6.45) is 4.91. The number of amides is 1. The normalized spacial score (nSPS) is 10.8. The predicted octanol–water partition coefficient (Wildman–Crippen LogP) is 4.41. The number of carbonyl (C=O) groups is 2. The van der Waals surface area contributed by atoms with E-state index >= 15 is 0 Å². The zero-order chi connectivity index (χ0) is 22.8. The molecule has 162 valence electrons. The van der Waals surface area contributed by atoms with Gasteiger partial charge in [-0.3, -0.25) is 24.9 Å². The van der Waals surface area contributed by atoms with Crippen LogP contribution < -0.4 is 14.8 Å². The minimum absolute atomic E-state index is 0.127. The molecule has 2 heterocycles. The van der Waals surface area contributed by atoms with Crippen molar-refractivity contribution in [2.24, 2.45) is 0 Å². The first-order valence-electron chi connectivity index (χ1n) is 9.14. The molecule has 11 heteroatoms. The topological polar surface area (TPSA) is 119 Å². The minimum atomic E-state index is -0.491. The molecule has 0 aliphatic heterocycles. The smallest absolute Gasteiger partial charge is 0.260 e. The van der Waals surface area contributed by atoms with Gasteiger partial charge in [-0.2, -0.15) is 0 Å². The predicted molar refractivity (Wildman–Crippen MR) is 120 cm³/mol. The Morgan fingerprint density at radius 2 is 1.72 bits per heavy atom. The molecule has 0 unspecified atom stereocenters. The molecular weight excluding hydrogens is 457 g/mol. The van der Waals surface area contributed by atoms with Gasteiger partial charge in [0.1, 0.15) is 22.7 Å². The molecule has 1 amide bonds. The fourth-order valence-corrected chi connectivity index (χ4v) is 3.90. The number of aromatic nitrogens is 4. The fraction of sp³-hybridized carbons (Fsp3) is 0.0952. The maximum absolute atomic E-state index is 12.9. The van der Waals surface area contributed by atoms with E-state index in [-0.39, 0.29) is 27.3 Å². The highest BCUT2D eigenvalue weighted by molar-refractivity contribution is 6.41. The summed E-state index contributed by atoms with van der Waals surface area (Å²) in [5.74, 6) is 0.368. The van der Waals surface area contributed by atoms with Crippen LogP contribution in [0.4, 0.5) is 5.95 Å². The Morgan fingerprint density at radius 1 is 1.06 bits per heavy atom. The van der Waals surface area contributed by atoms with Gasteiger partial charge in [0.25, 0.3) is 5.91 Å². The SMILES string of the molecule is COc1cc(OC)c(Cl)c(-c2ccc(C(=O)Nc3nc(C=O)c[nH]3)c3nccnc23)c1Cl. The molecule has 0 saturated heterocycles. The number of fused-ring (bicyclic) bond motifs is 1. The van der Waals surface area contributed by atoms with Crippen LogP contribution in [0.15, 0.2) is 36.8 Å². The third kappa shape index (κ3) is 3.72. The van der Waals surface area contributed by atoms with E-state index in [1.165, 1.54) is 32.8 Å². The summed E-state index contributed by atoms with van der Waals surface area (Å²) in [4.78, 5) is 39.1. The van der Waals surface area contributed by atoms with Crippen molar-refractivity contribution in [2.45, 2.75) is 0 Å². The molecule has 4 aromatic rings. The molecule has 0 atom stereocenters. The highest BCUT2D eigenvalue weighted by Crippen LogP contribution is 2.47. The Kier molecular flexibility index (Phi) is 5.93. The molecule has 0 bridgehead atoms. The van der Waals surface area contributed by atoms with E-state index in [0.29, 0.717) is 39.9 Å². The first-order valence-corrected chi connectivity index (χ1v) is 9.90. The number of benzene rings is 2. The van der Waals surface area contributed by atoms with E-state index in [1.54, 1.807) is 18.2 Å². The first kappa shape index (κ1) is 21.5. The first-order chi connectivity index (χ1) is 15.5. The number of hydrogen-bond acceptors (Lipinski definition) is 7. The number of ether oxygens (including phenoxy) is 2. The second-order valence-electron chi connectivity index (χ2n) is 6.44. The molecule has 0 fully saturated rings. The second kappa shape index (κ2) is 8.81. The van der Waals surface area contributed by atoms with E-state index < -0.39 is 5.91 Å². The summed E-state index contributed by atoms with van der Waals surface area (Å²) in [5, 5.41) is 3.13. The molecule has 4 rings (SSSR count). The standard InChI is InChI=1S/C21H15Cl2N5O4/c1-31-13-7-14(32-2)17(23)15(16(13)22)11-3-4-12(19-18(11)24-5-6-25-19)20(30)28-21-26-8-10(9-29)27-21/h3-9H,1-2H3,(H2,26,27,28,30). The van der Waals surface area contributed by atoms with Gasteiger partial charge in [0.15, 0.2) is 6.29 Å². The number of carbonyl (C=O) groups excluding carboxylic acids is 2. The van der Waals surface area contributed by atoms with Crippen LogP contribution in [-0.2, 0) is 0 Å². The summed E-state index contributed by atoms with van der Waals surface area (Å²) < 4.78 is 10.7. The van der Waals surface area contributed by atoms with Crippen LogP contribution in [0.2, 0.25) is 10.0 Å². The van der Waals surface area contributed by atoms with Gasteiger partial charge in [0.2, 0.25) is 5.95 Å². The van der Waals surface area contributed by atoms with E-state index in [0.717, 1.165) is 0 Å². The lowest BCUT2D eigenvalue weighted by Crippen LogP contribution is -2.14. The Labute approximate surface area is 191 Å². The van der Waals surface area contributed by atoms with Crippen molar-refractivity contribution in [3.63, 3.8) is 0 Å². The van der Waals surface area contributed by atoms with E-state index in [4.69, 9.17) is 32.7 Å². The lowest BCUT2D eigenvalue weighted by atomic mass is 9.99. The van der Waals surface area contributed by atoms with Crippen LogP contribution in [0.1, 0.15) is 20.8 Å². The molecule has 0 spiro atoms. The number of rotatable bonds is 6. The molecule has 2 N–H and O–H groups in total. The number of hydrogen-bond donors (Lipinski definition) is 2. The van der Waals surface area contributed by atoms with Gasteiger partial charge in [-0.1, -0.05) is 29.3 Å². The van der Waals surface area contributed by atoms with Gasteiger partial charge in [0.05, 0.1) is 35.3 Å². The summed E-state index contributed by atoms with van der Waals surface area (Å²) in [6.45, 7) is 0. The van der Waals surface area contributed by atoms with Crippen molar-refractivity contribution >= 4 is 52.4 Å². The third-order valence-electron chi connectivity index (χ3n) is 4.66. The molecule has 32 heavy (non-hydrogen) atoms. The monoisotopic (exact) mass is 471 g/mol. The van der Waals surface area contributed by atoms with Gasteiger partial charge in [0, 0.05) is 35.8 Å². The van der Waals surface area contributed by atoms with Gasteiger partial charge in [-0.15, -0.1) is 0 Å². The number of halogens is 2. The van der Waals surface area contributed by atoms with Crippen molar-refractivity contribution < 1.29 is 19.1 Å². The van der Waals surface area contributed by atoms with Crippen LogP contribution in [0.5, 0.6) is 11.5 Å². The number of nitrogens with zero attached hydrogens (tertiary/aromatic N) is 3. The van der Waals surface area contributed by atoms with Crippen LogP contribution in [-0.4, -0.2) is 46.3 Å². The summed E-state index contributed by atoms with van der Waals surface area (Å²) in [6, 6.07) is 4.82. The van der Waals surface area contributed by atoms with Gasteiger partial charge >= 0.3 is 0 Å².